The van der Waals surface area contributed by atoms with Crippen molar-refractivity contribution in [3.8, 4) is 17.2 Å². The van der Waals surface area contributed by atoms with E-state index >= 15 is 0 Å². The molecular formula is C25H30FN3O4. The zero-order valence-electron chi connectivity index (χ0n) is 19.4. The number of aromatic nitrogens is 2. The highest BCUT2D eigenvalue weighted by atomic mass is 19.1. The number of hydrogen-bond acceptors (Lipinski definition) is 5. The number of nitrogens with one attached hydrogen (secondary N) is 1. The fourth-order valence-corrected chi connectivity index (χ4v) is 3.23. The number of carbonyl (C=O) groups is 1. The normalized spacial score (nSPS) is 14.7. The molecule has 1 saturated carbocycles. The molecular weight excluding hydrogens is 425 g/mol. The molecule has 2 aromatic carbocycles. The van der Waals surface area contributed by atoms with Crippen LogP contribution in [0.5, 0.6) is 11.5 Å². The number of amides is 1. The van der Waals surface area contributed by atoms with Gasteiger partial charge in [0.1, 0.15) is 18.0 Å². The number of rotatable bonds is 8. The van der Waals surface area contributed by atoms with Gasteiger partial charge in [-0.2, -0.15) is 5.10 Å². The van der Waals surface area contributed by atoms with Gasteiger partial charge in [-0.25, -0.2) is 13.9 Å². The van der Waals surface area contributed by atoms with E-state index in [0.29, 0.717) is 24.0 Å². The van der Waals surface area contributed by atoms with Crippen LogP contribution in [0, 0.1) is 11.7 Å². The fraction of sp³-hybridized carbons (Fsp3) is 0.440. The number of halogens is 1. The number of alkyl carbamates (subject to hydrolysis) is 1. The van der Waals surface area contributed by atoms with E-state index in [1.807, 2.05) is 52.1 Å². The van der Waals surface area contributed by atoms with Crippen molar-refractivity contribution in [1.29, 1.82) is 0 Å². The monoisotopic (exact) mass is 455 g/mol. The Bertz CT molecular complexity index is 1130. The Morgan fingerprint density at radius 1 is 1.21 bits per heavy atom. The molecule has 1 atom stereocenters. The molecule has 0 radical (unpaired) electrons. The number of fused-ring (bicyclic) bond motifs is 1. The van der Waals surface area contributed by atoms with Crippen molar-refractivity contribution in [1.82, 2.24) is 15.1 Å². The summed E-state index contributed by atoms with van der Waals surface area (Å²) in [4.78, 5) is 11.9. The maximum atomic E-state index is 14.5. The van der Waals surface area contributed by atoms with Crippen LogP contribution in [0.2, 0.25) is 0 Å². The summed E-state index contributed by atoms with van der Waals surface area (Å²) in [5.74, 6) is 1.06. The van der Waals surface area contributed by atoms with Crippen LogP contribution in [0.4, 0.5) is 9.18 Å². The first-order valence-corrected chi connectivity index (χ1v) is 11.2. The van der Waals surface area contributed by atoms with E-state index in [-0.39, 0.29) is 18.4 Å². The third-order valence-corrected chi connectivity index (χ3v) is 5.09. The first-order valence-electron chi connectivity index (χ1n) is 11.2. The van der Waals surface area contributed by atoms with E-state index in [2.05, 4.69) is 10.4 Å². The van der Waals surface area contributed by atoms with E-state index in [1.165, 1.54) is 6.07 Å². The van der Waals surface area contributed by atoms with Crippen LogP contribution in [0.15, 0.2) is 42.6 Å². The molecule has 1 aliphatic carbocycles. The van der Waals surface area contributed by atoms with Crippen LogP contribution in [-0.2, 0) is 4.74 Å². The second-order valence-electron chi connectivity index (χ2n) is 9.52. The molecule has 0 unspecified atom stereocenters. The van der Waals surface area contributed by atoms with E-state index in [4.69, 9.17) is 14.2 Å². The summed E-state index contributed by atoms with van der Waals surface area (Å²) in [5.41, 5.74) is 0.774. The zero-order chi connectivity index (χ0) is 23.6. The average Bonchev–Trinajstić information content (AvgIpc) is 3.46. The topological polar surface area (TPSA) is 74.6 Å². The third kappa shape index (κ3) is 6.37. The van der Waals surface area contributed by atoms with Crippen molar-refractivity contribution < 1.29 is 23.4 Å². The quantitative estimate of drug-likeness (QED) is 0.502. The third-order valence-electron chi connectivity index (χ3n) is 5.09. The zero-order valence-corrected chi connectivity index (χ0v) is 19.4. The van der Waals surface area contributed by atoms with Crippen molar-refractivity contribution in [2.24, 2.45) is 5.92 Å². The summed E-state index contributed by atoms with van der Waals surface area (Å²) < 4.78 is 32.7. The van der Waals surface area contributed by atoms with E-state index < -0.39 is 17.5 Å². The van der Waals surface area contributed by atoms with Crippen molar-refractivity contribution in [2.45, 2.75) is 52.2 Å². The van der Waals surface area contributed by atoms with Crippen LogP contribution in [0.25, 0.3) is 16.6 Å². The van der Waals surface area contributed by atoms with Gasteiger partial charge in [-0.3, -0.25) is 0 Å². The van der Waals surface area contributed by atoms with Gasteiger partial charge < -0.3 is 19.5 Å². The van der Waals surface area contributed by atoms with Crippen molar-refractivity contribution in [2.75, 3.05) is 13.2 Å². The van der Waals surface area contributed by atoms with Gasteiger partial charge >= 0.3 is 6.09 Å². The number of ether oxygens (including phenoxy) is 3. The molecule has 1 aromatic heterocycles. The molecule has 0 aliphatic heterocycles. The van der Waals surface area contributed by atoms with E-state index in [9.17, 15) is 9.18 Å². The summed E-state index contributed by atoms with van der Waals surface area (Å²) in [7, 11) is 0. The molecule has 1 N–H and O–H groups in total. The van der Waals surface area contributed by atoms with Gasteiger partial charge in [-0.15, -0.1) is 0 Å². The molecule has 33 heavy (non-hydrogen) atoms. The molecule has 7 nitrogen and oxygen atoms in total. The predicted molar refractivity (Wildman–Crippen MR) is 124 cm³/mol. The minimum absolute atomic E-state index is 0.239. The van der Waals surface area contributed by atoms with Crippen molar-refractivity contribution in [3.05, 3.63) is 48.4 Å². The highest BCUT2D eigenvalue weighted by Crippen LogP contribution is 2.30. The highest BCUT2D eigenvalue weighted by molar-refractivity contribution is 5.80. The van der Waals surface area contributed by atoms with Crippen LogP contribution >= 0.6 is 0 Å². The van der Waals surface area contributed by atoms with Crippen LogP contribution in [-0.4, -0.2) is 40.7 Å². The maximum absolute atomic E-state index is 14.5. The highest BCUT2D eigenvalue weighted by Gasteiger charge is 2.22. The van der Waals surface area contributed by atoms with Gasteiger partial charge in [-0.1, -0.05) is 0 Å². The van der Waals surface area contributed by atoms with Gasteiger partial charge in [0.2, 0.25) is 0 Å². The summed E-state index contributed by atoms with van der Waals surface area (Å²) in [6.07, 6.45) is 3.67. The number of benzene rings is 2. The van der Waals surface area contributed by atoms with Gasteiger partial charge in [0.05, 0.1) is 23.9 Å². The number of hydrogen-bond donors (Lipinski definition) is 1. The molecule has 0 saturated heterocycles. The fourth-order valence-electron chi connectivity index (χ4n) is 3.23. The maximum Gasteiger partial charge on any atom is 0.407 e. The minimum Gasteiger partial charge on any atom is -0.491 e. The molecule has 1 aliphatic rings. The second-order valence-corrected chi connectivity index (χ2v) is 9.52. The minimum atomic E-state index is -0.554. The number of carbonyl (C=O) groups excluding carboxylic acids is 1. The Morgan fingerprint density at radius 3 is 2.70 bits per heavy atom. The van der Waals surface area contributed by atoms with Gasteiger partial charge in [0.25, 0.3) is 0 Å². The molecule has 1 heterocycles. The summed E-state index contributed by atoms with van der Waals surface area (Å²) in [6.45, 7) is 8.12. The predicted octanol–water partition coefficient (Wildman–Crippen LogP) is 5.25. The lowest BCUT2D eigenvalue weighted by atomic mass is 10.2. The van der Waals surface area contributed by atoms with Gasteiger partial charge in [0.15, 0.2) is 11.6 Å². The molecule has 4 rings (SSSR count). The van der Waals surface area contributed by atoms with Crippen LogP contribution in [0.3, 0.4) is 0 Å². The molecule has 0 bridgehead atoms. The second kappa shape index (κ2) is 9.29. The molecule has 1 fully saturated rings. The van der Waals surface area contributed by atoms with Crippen molar-refractivity contribution in [3.63, 3.8) is 0 Å². The lowest BCUT2D eigenvalue weighted by molar-refractivity contribution is 0.0494. The molecule has 8 heteroatoms. The Balaban J connectivity index is 1.38. The first-order chi connectivity index (χ1) is 15.7. The Morgan fingerprint density at radius 2 is 2.00 bits per heavy atom. The van der Waals surface area contributed by atoms with E-state index in [0.717, 1.165) is 23.7 Å². The smallest absolute Gasteiger partial charge is 0.407 e. The van der Waals surface area contributed by atoms with Crippen molar-refractivity contribution >= 4 is 17.0 Å². The summed E-state index contributed by atoms with van der Waals surface area (Å²) >= 11 is 0. The Hall–Kier alpha value is -3.29. The molecule has 0 spiro atoms. The van der Waals surface area contributed by atoms with Crippen LogP contribution < -0.4 is 14.8 Å². The molecule has 3 aromatic rings. The van der Waals surface area contributed by atoms with Gasteiger partial charge in [0, 0.05) is 23.7 Å². The molecule has 176 valence electrons. The van der Waals surface area contributed by atoms with E-state index in [1.54, 1.807) is 16.8 Å². The first kappa shape index (κ1) is 22.9. The summed E-state index contributed by atoms with van der Waals surface area (Å²) in [6, 6.07) is 10.2. The van der Waals surface area contributed by atoms with Gasteiger partial charge in [-0.05, 0) is 70.7 Å². The molecule has 1 amide bonds. The Kier molecular flexibility index (Phi) is 6.44. The number of nitrogens with zero attached hydrogens (tertiary/aromatic N) is 2. The Labute approximate surface area is 192 Å². The SMILES string of the molecule is C[C@@H](COc1ccc2cn(-c3ccc(OCC4CC4)c(F)c3)nc2c1)NC(=O)OC(C)(C)C. The summed E-state index contributed by atoms with van der Waals surface area (Å²) in [5, 5.41) is 8.20. The average molecular weight is 456 g/mol. The van der Waals surface area contributed by atoms with Crippen LogP contribution in [0.1, 0.15) is 40.5 Å². The lowest BCUT2D eigenvalue weighted by Crippen LogP contribution is -2.40. The standard InChI is InChI=1S/C25H30FN3O4/c1-16(27-24(30)33-25(2,3)4)14-31-20-9-7-18-13-29(28-22(18)12-20)19-8-10-23(21(26)11-19)32-15-17-5-6-17/h7-13,16-17H,5-6,14-15H2,1-4H3,(H,27,30)/t16-/m0/s1. The largest absolute Gasteiger partial charge is 0.491 e. The lowest BCUT2D eigenvalue weighted by Gasteiger charge is -2.22.